The van der Waals surface area contributed by atoms with Crippen molar-refractivity contribution >= 4 is 22.5 Å². The van der Waals surface area contributed by atoms with Crippen LogP contribution in [-0.4, -0.2) is 11.6 Å². The Morgan fingerprint density at radius 2 is 1.95 bits per heavy atom. The molecule has 0 saturated heterocycles. The van der Waals surface area contributed by atoms with Gasteiger partial charge in [-0.1, -0.05) is 11.6 Å². The molecule has 0 fully saturated rings. The fourth-order valence-corrected chi connectivity index (χ4v) is 2.54. The number of halogens is 3. The molecule has 3 rings (SSSR count). The lowest BCUT2D eigenvalue weighted by atomic mass is 10.0. The predicted molar refractivity (Wildman–Crippen MR) is 79.8 cm³/mol. The van der Waals surface area contributed by atoms with E-state index in [1.165, 1.54) is 12.1 Å². The highest BCUT2D eigenvalue weighted by Gasteiger charge is 2.17. The zero-order valence-electron chi connectivity index (χ0n) is 11.2. The third kappa shape index (κ3) is 2.36. The first kappa shape index (κ1) is 13.9. The highest BCUT2D eigenvalue weighted by Crippen LogP contribution is 2.37. The molecule has 0 aliphatic carbocycles. The Morgan fingerprint density at radius 3 is 2.71 bits per heavy atom. The Hall–Kier alpha value is -2.07. The van der Waals surface area contributed by atoms with Gasteiger partial charge in [0.25, 0.3) is 0 Å². The maximum absolute atomic E-state index is 14.6. The van der Waals surface area contributed by atoms with Crippen LogP contribution in [0.1, 0.15) is 6.92 Å². The molecule has 21 heavy (non-hydrogen) atoms. The maximum Gasteiger partial charge on any atom is 0.174 e. The van der Waals surface area contributed by atoms with Crippen LogP contribution in [0, 0.1) is 11.6 Å². The third-order valence-electron chi connectivity index (χ3n) is 3.27. The number of aromatic amines is 1. The van der Waals surface area contributed by atoms with E-state index < -0.39 is 5.82 Å². The van der Waals surface area contributed by atoms with Gasteiger partial charge in [0.1, 0.15) is 5.82 Å². The molecule has 0 amide bonds. The summed E-state index contributed by atoms with van der Waals surface area (Å²) in [6.07, 6.45) is 1.64. The van der Waals surface area contributed by atoms with Crippen LogP contribution < -0.4 is 4.74 Å². The topological polar surface area (TPSA) is 25.0 Å². The van der Waals surface area contributed by atoms with Crippen molar-refractivity contribution in [1.82, 2.24) is 4.98 Å². The number of rotatable bonds is 3. The first-order valence-electron chi connectivity index (χ1n) is 6.49. The molecule has 0 radical (unpaired) electrons. The van der Waals surface area contributed by atoms with Crippen molar-refractivity contribution < 1.29 is 13.5 Å². The van der Waals surface area contributed by atoms with Gasteiger partial charge in [0.15, 0.2) is 11.6 Å². The van der Waals surface area contributed by atoms with Crippen LogP contribution >= 0.6 is 11.6 Å². The molecule has 2 nitrogen and oxygen atoms in total. The normalized spacial score (nSPS) is 11.0. The van der Waals surface area contributed by atoms with Crippen molar-refractivity contribution in [2.75, 3.05) is 6.61 Å². The fourth-order valence-electron chi connectivity index (χ4n) is 2.34. The number of hydrogen-bond donors (Lipinski definition) is 1. The summed E-state index contributed by atoms with van der Waals surface area (Å²) < 4.78 is 33.1. The third-order valence-corrected chi connectivity index (χ3v) is 3.57. The molecule has 0 spiro atoms. The average Bonchev–Trinajstić information content (AvgIpc) is 2.86. The molecule has 108 valence electrons. The summed E-state index contributed by atoms with van der Waals surface area (Å²) in [6.45, 7) is 2.08. The highest BCUT2D eigenvalue weighted by atomic mass is 35.5. The molecule has 0 bridgehead atoms. The van der Waals surface area contributed by atoms with E-state index >= 15 is 0 Å². The van der Waals surface area contributed by atoms with E-state index in [0.29, 0.717) is 23.3 Å². The van der Waals surface area contributed by atoms with Crippen LogP contribution in [0.4, 0.5) is 8.78 Å². The predicted octanol–water partition coefficient (Wildman–Crippen LogP) is 5.17. The Balaban J connectivity index is 2.21. The van der Waals surface area contributed by atoms with Crippen molar-refractivity contribution in [3.63, 3.8) is 0 Å². The number of H-pyrrole nitrogens is 1. The molecule has 3 aromatic rings. The quantitative estimate of drug-likeness (QED) is 0.710. The summed E-state index contributed by atoms with van der Waals surface area (Å²) in [4.78, 5) is 2.94. The number of fused-ring (bicyclic) bond motifs is 1. The highest BCUT2D eigenvalue weighted by molar-refractivity contribution is 6.32. The molecule has 1 aromatic heterocycles. The zero-order chi connectivity index (χ0) is 15.0. The van der Waals surface area contributed by atoms with Crippen molar-refractivity contribution in [3.05, 3.63) is 53.2 Å². The second kappa shape index (κ2) is 5.37. The van der Waals surface area contributed by atoms with E-state index in [0.717, 1.165) is 5.39 Å². The number of nitrogens with one attached hydrogen (secondary N) is 1. The smallest absolute Gasteiger partial charge is 0.174 e. The van der Waals surface area contributed by atoms with Gasteiger partial charge < -0.3 is 9.72 Å². The van der Waals surface area contributed by atoms with E-state index in [1.807, 2.05) is 0 Å². The van der Waals surface area contributed by atoms with Crippen molar-refractivity contribution in [1.29, 1.82) is 0 Å². The van der Waals surface area contributed by atoms with Crippen molar-refractivity contribution in [3.8, 4) is 16.9 Å². The number of ether oxygens (including phenoxy) is 1. The van der Waals surface area contributed by atoms with Crippen LogP contribution in [-0.2, 0) is 0 Å². The van der Waals surface area contributed by atoms with E-state index in [1.54, 1.807) is 31.3 Å². The Morgan fingerprint density at radius 1 is 1.14 bits per heavy atom. The first-order valence-corrected chi connectivity index (χ1v) is 6.87. The lowest BCUT2D eigenvalue weighted by molar-refractivity contribution is 0.322. The Kier molecular flexibility index (Phi) is 3.55. The standard InChI is InChI=1S/C16H12ClF2NO/c1-2-21-16-13(17)6-5-11(15(16)19)12-8-20-14-7-9(18)3-4-10(12)14/h3-8,20H,2H2,1H3. The molecule has 2 aromatic carbocycles. The van der Waals surface area contributed by atoms with Gasteiger partial charge in [-0.05, 0) is 37.3 Å². The molecule has 1 N–H and O–H groups in total. The molecular formula is C16H12ClF2NO. The van der Waals surface area contributed by atoms with Gasteiger partial charge >= 0.3 is 0 Å². The summed E-state index contributed by atoms with van der Waals surface area (Å²) in [5.74, 6) is -0.829. The lowest BCUT2D eigenvalue weighted by Crippen LogP contribution is -1.97. The van der Waals surface area contributed by atoms with Gasteiger partial charge in [-0.3, -0.25) is 0 Å². The molecule has 0 aliphatic heterocycles. The minimum atomic E-state index is -0.519. The van der Waals surface area contributed by atoms with E-state index in [-0.39, 0.29) is 16.6 Å². The van der Waals surface area contributed by atoms with Gasteiger partial charge in [0.2, 0.25) is 0 Å². The summed E-state index contributed by atoms with van der Waals surface area (Å²) in [7, 11) is 0. The molecule has 0 aliphatic rings. The largest absolute Gasteiger partial charge is 0.489 e. The van der Waals surface area contributed by atoms with Crippen molar-refractivity contribution in [2.24, 2.45) is 0 Å². The second-order valence-electron chi connectivity index (χ2n) is 4.56. The Bertz CT molecular complexity index is 813. The average molecular weight is 308 g/mol. The first-order chi connectivity index (χ1) is 10.1. The van der Waals surface area contributed by atoms with E-state index in [9.17, 15) is 8.78 Å². The van der Waals surface area contributed by atoms with Gasteiger partial charge in [0, 0.05) is 28.2 Å². The molecule has 0 unspecified atom stereocenters. The molecular weight excluding hydrogens is 296 g/mol. The summed E-state index contributed by atoms with van der Waals surface area (Å²) >= 11 is 5.96. The molecule has 0 atom stereocenters. The fraction of sp³-hybridized carbons (Fsp3) is 0.125. The monoisotopic (exact) mass is 307 g/mol. The molecule has 1 heterocycles. The van der Waals surface area contributed by atoms with Crippen LogP contribution in [0.15, 0.2) is 36.5 Å². The SMILES string of the molecule is CCOc1c(Cl)ccc(-c2c[nH]c3cc(F)ccc23)c1F. The number of aromatic nitrogens is 1. The zero-order valence-corrected chi connectivity index (χ0v) is 12.0. The lowest BCUT2D eigenvalue weighted by Gasteiger charge is -2.10. The minimum absolute atomic E-state index is 0.0353. The molecule has 5 heteroatoms. The van der Waals surface area contributed by atoms with Gasteiger partial charge in [-0.15, -0.1) is 0 Å². The van der Waals surface area contributed by atoms with Crippen LogP contribution in [0.5, 0.6) is 5.75 Å². The molecule has 0 saturated carbocycles. The van der Waals surface area contributed by atoms with E-state index in [2.05, 4.69) is 4.98 Å². The van der Waals surface area contributed by atoms with Crippen LogP contribution in [0.25, 0.3) is 22.0 Å². The van der Waals surface area contributed by atoms with Gasteiger partial charge in [0.05, 0.1) is 11.6 Å². The van der Waals surface area contributed by atoms with Gasteiger partial charge in [-0.25, -0.2) is 8.78 Å². The van der Waals surface area contributed by atoms with Crippen LogP contribution in [0.3, 0.4) is 0 Å². The van der Waals surface area contributed by atoms with Gasteiger partial charge in [-0.2, -0.15) is 0 Å². The Labute approximate surface area is 125 Å². The van der Waals surface area contributed by atoms with Crippen LogP contribution in [0.2, 0.25) is 5.02 Å². The van der Waals surface area contributed by atoms with E-state index in [4.69, 9.17) is 16.3 Å². The minimum Gasteiger partial charge on any atom is -0.489 e. The maximum atomic E-state index is 14.6. The summed E-state index contributed by atoms with van der Waals surface area (Å²) in [5.41, 5.74) is 1.61. The second-order valence-corrected chi connectivity index (χ2v) is 4.97. The number of benzene rings is 2. The number of hydrogen-bond acceptors (Lipinski definition) is 1. The summed E-state index contributed by atoms with van der Waals surface area (Å²) in [6, 6.07) is 7.51. The van der Waals surface area contributed by atoms with Crippen molar-refractivity contribution in [2.45, 2.75) is 6.92 Å². The summed E-state index contributed by atoms with van der Waals surface area (Å²) in [5, 5.41) is 0.962.